The Balaban J connectivity index is 1.75. The van der Waals surface area contributed by atoms with E-state index in [0.29, 0.717) is 22.3 Å². The average Bonchev–Trinajstić information content (AvgIpc) is 3.14. The number of nitriles is 1. The number of fused-ring (bicyclic) bond motifs is 2. The summed E-state index contributed by atoms with van der Waals surface area (Å²) >= 11 is 0. The fraction of sp³-hybridized carbons (Fsp3) is 0.192. The zero-order valence-corrected chi connectivity index (χ0v) is 18.2. The van der Waals surface area contributed by atoms with E-state index in [-0.39, 0.29) is 17.3 Å². The van der Waals surface area contributed by atoms with Gasteiger partial charge < -0.3 is 10.5 Å². The lowest BCUT2D eigenvalue weighted by Gasteiger charge is -2.44. The molecule has 6 nitrogen and oxygen atoms in total. The zero-order chi connectivity index (χ0) is 24.8. The molecule has 3 N–H and O–H groups in total. The van der Waals surface area contributed by atoms with E-state index in [9.17, 15) is 23.2 Å². The molecule has 0 bridgehead atoms. The van der Waals surface area contributed by atoms with Crippen molar-refractivity contribution < 1.29 is 22.7 Å². The number of nitrogens with one attached hydrogen (secondary N) is 1. The van der Waals surface area contributed by atoms with Crippen LogP contribution in [0.5, 0.6) is 5.75 Å². The van der Waals surface area contributed by atoms with Gasteiger partial charge in [0.2, 0.25) is 0 Å². The molecule has 3 atom stereocenters. The molecule has 0 saturated carbocycles. The standard InChI is InChI=1S/C26H19F3N4O2/c27-25(28,29)13-20-22(16-6-2-1-3-7-16)35-21-10-9-18(17-8-4-5-15(11-17)14-30)12-19(21)26(20)23(34)32-24(31)33-26/h1-12,20,22H,13H2,(H3,31,32,33,34)/t20?,22-,26?/m0/s1. The number of amides is 1. The Hall–Kier alpha value is -4.32. The van der Waals surface area contributed by atoms with Gasteiger partial charge in [-0.2, -0.15) is 18.4 Å². The molecule has 176 valence electrons. The number of carbonyl (C=O) groups excluding carboxylic acids is 1. The number of guanidine groups is 1. The molecule has 9 heteroatoms. The highest BCUT2D eigenvalue weighted by Crippen LogP contribution is 2.55. The van der Waals surface area contributed by atoms with E-state index >= 15 is 0 Å². The maximum atomic E-state index is 13.9. The number of nitrogens with zero attached hydrogens (tertiary/aromatic N) is 2. The first-order valence-electron chi connectivity index (χ1n) is 10.8. The minimum absolute atomic E-state index is 0.191. The maximum absolute atomic E-state index is 13.9. The third-order valence-electron chi connectivity index (χ3n) is 6.34. The van der Waals surface area contributed by atoms with Crippen LogP contribution in [0.2, 0.25) is 0 Å². The van der Waals surface area contributed by atoms with Gasteiger partial charge in [0.25, 0.3) is 5.91 Å². The highest BCUT2D eigenvalue weighted by atomic mass is 19.4. The Morgan fingerprint density at radius 2 is 1.80 bits per heavy atom. The van der Waals surface area contributed by atoms with Crippen LogP contribution in [0.1, 0.15) is 29.2 Å². The monoisotopic (exact) mass is 476 g/mol. The van der Waals surface area contributed by atoms with Gasteiger partial charge >= 0.3 is 6.18 Å². The van der Waals surface area contributed by atoms with E-state index in [1.165, 1.54) is 0 Å². The number of hydrogen-bond donors (Lipinski definition) is 2. The predicted octanol–water partition coefficient (Wildman–Crippen LogP) is 4.57. The van der Waals surface area contributed by atoms with Crippen LogP contribution in [0, 0.1) is 17.2 Å². The Kier molecular flexibility index (Phi) is 5.24. The van der Waals surface area contributed by atoms with Crippen molar-refractivity contribution in [3.63, 3.8) is 0 Å². The number of alkyl halides is 3. The molecule has 0 saturated heterocycles. The Bertz CT molecular complexity index is 1380. The van der Waals surface area contributed by atoms with Crippen LogP contribution in [-0.4, -0.2) is 18.0 Å². The van der Waals surface area contributed by atoms with Crippen LogP contribution >= 0.6 is 0 Å². The molecule has 0 fully saturated rings. The third-order valence-corrected chi connectivity index (χ3v) is 6.34. The minimum Gasteiger partial charge on any atom is -0.485 e. The highest BCUT2D eigenvalue weighted by Gasteiger charge is 2.61. The molecule has 35 heavy (non-hydrogen) atoms. The van der Waals surface area contributed by atoms with E-state index in [1.54, 1.807) is 72.8 Å². The fourth-order valence-electron chi connectivity index (χ4n) is 4.88. The largest absolute Gasteiger partial charge is 0.485 e. The van der Waals surface area contributed by atoms with Crippen LogP contribution in [0.25, 0.3) is 11.1 Å². The summed E-state index contributed by atoms with van der Waals surface area (Å²) in [5.41, 5.74) is 6.26. The zero-order valence-electron chi connectivity index (χ0n) is 18.2. The first-order valence-corrected chi connectivity index (χ1v) is 10.8. The molecule has 3 aromatic carbocycles. The molecule has 2 aliphatic rings. The van der Waals surface area contributed by atoms with Crippen LogP contribution in [-0.2, 0) is 10.3 Å². The van der Waals surface area contributed by atoms with E-state index < -0.39 is 36.1 Å². The summed E-state index contributed by atoms with van der Waals surface area (Å²) < 4.78 is 47.8. The van der Waals surface area contributed by atoms with Crippen molar-refractivity contribution in [2.75, 3.05) is 0 Å². The molecule has 2 heterocycles. The van der Waals surface area contributed by atoms with Crippen molar-refractivity contribution in [1.82, 2.24) is 5.32 Å². The smallest absolute Gasteiger partial charge is 0.389 e. The average molecular weight is 476 g/mol. The van der Waals surface area contributed by atoms with Gasteiger partial charge in [-0.25, -0.2) is 4.99 Å². The normalized spacial score (nSPS) is 23.1. The third kappa shape index (κ3) is 3.87. The van der Waals surface area contributed by atoms with Crippen molar-refractivity contribution in [2.24, 2.45) is 16.6 Å². The quantitative estimate of drug-likeness (QED) is 0.579. The van der Waals surface area contributed by atoms with Gasteiger partial charge in [-0.15, -0.1) is 0 Å². The number of rotatable bonds is 3. The molecule has 0 radical (unpaired) electrons. The summed E-state index contributed by atoms with van der Waals surface area (Å²) in [5, 5.41) is 11.7. The second kappa shape index (κ2) is 8.17. The second-order valence-corrected chi connectivity index (χ2v) is 8.50. The molecular formula is C26H19F3N4O2. The Morgan fingerprint density at radius 3 is 2.46 bits per heavy atom. The Morgan fingerprint density at radius 1 is 1.06 bits per heavy atom. The molecule has 2 unspecified atom stereocenters. The van der Waals surface area contributed by atoms with Gasteiger partial charge in [-0.05, 0) is 41.0 Å². The van der Waals surface area contributed by atoms with Gasteiger partial charge in [0.05, 0.1) is 18.1 Å². The van der Waals surface area contributed by atoms with Crippen molar-refractivity contribution in [3.8, 4) is 22.9 Å². The predicted molar refractivity (Wildman–Crippen MR) is 122 cm³/mol. The van der Waals surface area contributed by atoms with Crippen LogP contribution < -0.4 is 15.8 Å². The number of nitrogens with two attached hydrogens (primary N) is 1. The molecule has 1 amide bonds. The van der Waals surface area contributed by atoms with Gasteiger partial charge in [0.15, 0.2) is 11.5 Å². The number of benzene rings is 3. The van der Waals surface area contributed by atoms with Gasteiger partial charge in [-0.1, -0.05) is 48.5 Å². The number of halogens is 3. The molecule has 2 aliphatic heterocycles. The SMILES string of the molecule is N#Cc1cccc(-c2ccc3c(c2)C2(N=C(N)NC2=O)C(CC(F)(F)F)[C@H](c2ccccc2)O3)c1. The molecule has 1 spiro atoms. The number of carbonyl (C=O) groups is 1. The summed E-state index contributed by atoms with van der Waals surface area (Å²) in [7, 11) is 0. The Labute approximate surface area is 198 Å². The number of aliphatic imine (C=N–C) groups is 1. The van der Waals surface area contributed by atoms with Crippen molar-refractivity contribution in [1.29, 1.82) is 5.26 Å². The lowest BCUT2D eigenvalue weighted by atomic mass is 9.69. The second-order valence-electron chi connectivity index (χ2n) is 8.50. The first kappa shape index (κ1) is 22.5. The molecule has 5 rings (SSSR count). The van der Waals surface area contributed by atoms with E-state index in [4.69, 9.17) is 10.5 Å². The van der Waals surface area contributed by atoms with Crippen molar-refractivity contribution >= 4 is 11.9 Å². The minimum atomic E-state index is -4.60. The summed E-state index contributed by atoms with van der Waals surface area (Å²) in [4.78, 5) is 17.7. The highest BCUT2D eigenvalue weighted by molar-refractivity contribution is 6.08. The number of ether oxygens (including phenoxy) is 1. The van der Waals surface area contributed by atoms with E-state index in [2.05, 4.69) is 16.4 Å². The lowest BCUT2D eigenvalue weighted by Crippen LogP contribution is -2.50. The molecule has 0 aromatic heterocycles. The van der Waals surface area contributed by atoms with E-state index in [1.807, 2.05) is 0 Å². The summed E-state index contributed by atoms with van der Waals surface area (Å²) in [5.74, 6) is -2.17. The van der Waals surface area contributed by atoms with E-state index in [0.717, 1.165) is 0 Å². The summed E-state index contributed by atoms with van der Waals surface area (Å²) in [6.07, 6.45) is -7.01. The van der Waals surface area contributed by atoms with Crippen molar-refractivity contribution in [2.45, 2.75) is 24.2 Å². The van der Waals surface area contributed by atoms with Crippen LogP contribution in [0.3, 0.4) is 0 Å². The van der Waals surface area contributed by atoms with Gasteiger partial charge in [0, 0.05) is 11.5 Å². The van der Waals surface area contributed by atoms with Crippen LogP contribution in [0.4, 0.5) is 13.2 Å². The van der Waals surface area contributed by atoms with Crippen LogP contribution in [0.15, 0.2) is 77.8 Å². The molecule has 0 aliphatic carbocycles. The summed E-state index contributed by atoms with van der Waals surface area (Å²) in [6, 6.07) is 22.2. The molecule has 3 aromatic rings. The van der Waals surface area contributed by atoms with Crippen molar-refractivity contribution in [3.05, 3.63) is 89.5 Å². The summed E-state index contributed by atoms with van der Waals surface area (Å²) in [6.45, 7) is 0. The molecular weight excluding hydrogens is 457 g/mol. The van der Waals surface area contributed by atoms with Gasteiger partial charge in [-0.3, -0.25) is 10.1 Å². The fourth-order valence-corrected chi connectivity index (χ4v) is 4.88. The lowest BCUT2D eigenvalue weighted by molar-refractivity contribution is -0.165. The topological polar surface area (TPSA) is 101 Å². The number of hydrogen-bond acceptors (Lipinski definition) is 5. The maximum Gasteiger partial charge on any atom is 0.389 e. The first-order chi connectivity index (χ1) is 16.7. The van der Waals surface area contributed by atoms with Gasteiger partial charge in [0.1, 0.15) is 11.9 Å².